The molecule has 1 aliphatic carbocycles. The van der Waals surface area contributed by atoms with Crippen LogP contribution in [0.3, 0.4) is 0 Å². The summed E-state index contributed by atoms with van der Waals surface area (Å²) in [6.45, 7) is 3.38. The van der Waals surface area contributed by atoms with E-state index in [-0.39, 0.29) is 0 Å². The molecule has 0 spiro atoms. The van der Waals surface area contributed by atoms with Crippen molar-refractivity contribution in [1.29, 1.82) is 0 Å². The van der Waals surface area contributed by atoms with Crippen LogP contribution in [0, 0.1) is 6.92 Å². The molecule has 1 N–H and O–H groups in total. The summed E-state index contributed by atoms with van der Waals surface area (Å²) in [6.07, 6.45) is 8.31. The van der Waals surface area contributed by atoms with Crippen molar-refractivity contribution >= 4 is 17.4 Å². The molecule has 100 valence electrons. The fourth-order valence-corrected chi connectivity index (χ4v) is 2.37. The topological polar surface area (TPSA) is 47.0 Å². The Bertz CT molecular complexity index is 380. The summed E-state index contributed by atoms with van der Waals surface area (Å²) < 4.78 is 5.84. The minimum atomic E-state index is 0.454. The average molecular weight is 270 g/mol. The highest BCUT2D eigenvalue weighted by atomic mass is 35.5. The van der Waals surface area contributed by atoms with E-state index in [2.05, 4.69) is 15.3 Å². The Morgan fingerprint density at radius 2 is 2.11 bits per heavy atom. The maximum Gasteiger partial charge on any atom is 0.137 e. The van der Waals surface area contributed by atoms with Gasteiger partial charge in [-0.2, -0.15) is 0 Å². The number of nitrogens with one attached hydrogen (secondary N) is 1. The molecule has 0 aliphatic heterocycles. The molecule has 5 heteroatoms. The normalized spacial score (nSPS) is 16.8. The maximum absolute atomic E-state index is 5.93. The monoisotopic (exact) mass is 269 g/mol. The van der Waals surface area contributed by atoms with Crippen LogP contribution in [0.25, 0.3) is 0 Å². The van der Waals surface area contributed by atoms with E-state index in [1.54, 1.807) is 0 Å². The second kappa shape index (κ2) is 6.90. The quantitative estimate of drug-likeness (QED) is 0.659. The first-order chi connectivity index (χ1) is 8.77. The predicted octanol–water partition coefficient (Wildman–Crippen LogP) is 3.20. The number of aromatic nitrogens is 2. The molecule has 0 atom stereocenters. The van der Waals surface area contributed by atoms with Crippen LogP contribution in [0.15, 0.2) is 6.33 Å². The van der Waals surface area contributed by atoms with Crippen LogP contribution >= 0.6 is 11.6 Å². The molecule has 0 bridgehead atoms. The Morgan fingerprint density at radius 3 is 2.89 bits per heavy atom. The lowest BCUT2D eigenvalue weighted by Gasteiger charge is -2.22. The molecule has 0 radical (unpaired) electrons. The van der Waals surface area contributed by atoms with E-state index in [1.807, 2.05) is 6.92 Å². The van der Waals surface area contributed by atoms with E-state index in [0.29, 0.717) is 17.9 Å². The molecule has 1 aromatic rings. The molecule has 1 aliphatic rings. The van der Waals surface area contributed by atoms with E-state index in [4.69, 9.17) is 16.3 Å². The van der Waals surface area contributed by atoms with Gasteiger partial charge in [0.2, 0.25) is 0 Å². The van der Waals surface area contributed by atoms with Gasteiger partial charge in [-0.15, -0.1) is 0 Å². The van der Waals surface area contributed by atoms with Gasteiger partial charge in [-0.3, -0.25) is 0 Å². The summed E-state index contributed by atoms with van der Waals surface area (Å²) in [7, 11) is 0. The zero-order valence-electron chi connectivity index (χ0n) is 10.8. The highest BCUT2D eigenvalue weighted by Gasteiger charge is 2.13. The third-order valence-corrected chi connectivity index (χ3v) is 3.70. The van der Waals surface area contributed by atoms with Crippen LogP contribution in [0.4, 0.5) is 5.82 Å². The Hall–Kier alpha value is -0.870. The van der Waals surface area contributed by atoms with Crippen molar-refractivity contribution in [3.05, 3.63) is 17.0 Å². The Morgan fingerprint density at radius 1 is 1.33 bits per heavy atom. The lowest BCUT2D eigenvalue weighted by atomic mass is 9.98. The van der Waals surface area contributed by atoms with Gasteiger partial charge in [0.15, 0.2) is 0 Å². The number of ether oxygens (including phenoxy) is 1. The lowest BCUT2D eigenvalue weighted by molar-refractivity contribution is 0.0347. The molecular formula is C13H20ClN3O. The smallest absolute Gasteiger partial charge is 0.137 e. The molecular weight excluding hydrogens is 250 g/mol. The van der Waals surface area contributed by atoms with Crippen LogP contribution < -0.4 is 5.32 Å². The van der Waals surface area contributed by atoms with Crippen LogP contribution in [0.2, 0.25) is 5.15 Å². The molecule has 18 heavy (non-hydrogen) atoms. The maximum atomic E-state index is 5.93. The number of anilines is 1. The molecule has 1 saturated carbocycles. The second-order valence-electron chi connectivity index (χ2n) is 4.70. The van der Waals surface area contributed by atoms with Gasteiger partial charge < -0.3 is 10.1 Å². The highest BCUT2D eigenvalue weighted by molar-refractivity contribution is 6.30. The fourth-order valence-electron chi connectivity index (χ4n) is 2.23. The van der Waals surface area contributed by atoms with E-state index in [9.17, 15) is 0 Å². The Balaban J connectivity index is 1.70. The summed E-state index contributed by atoms with van der Waals surface area (Å²) in [5, 5.41) is 3.73. The van der Waals surface area contributed by atoms with E-state index in [1.165, 1.54) is 38.4 Å². The zero-order valence-corrected chi connectivity index (χ0v) is 11.5. The van der Waals surface area contributed by atoms with Crippen molar-refractivity contribution < 1.29 is 4.74 Å². The van der Waals surface area contributed by atoms with Crippen molar-refractivity contribution in [2.75, 3.05) is 18.5 Å². The van der Waals surface area contributed by atoms with Crippen molar-refractivity contribution in [2.45, 2.75) is 45.1 Å². The number of halogens is 1. The van der Waals surface area contributed by atoms with Crippen molar-refractivity contribution in [3.8, 4) is 0 Å². The van der Waals surface area contributed by atoms with Crippen LogP contribution in [-0.4, -0.2) is 29.2 Å². The summed E-state index contributed by atoms with van der Waals surface area (Å²) >= 11 is 5.93. The third-order valence-electron chi connectivity index (χ3n) is 3.32. The minimum absolute atomic E-state index is 0.454. The minimum Gasteiger partial charge on any atom is -0.376 e. The number of nitrogens with zero attached hydrogens (tertiary/aromatic N) is 2. The van der Waals surface area contributed by atoms with E-state index in [0.717, 1.165) is 17.9 Å². The SMILES string of the molecule is Cc1c(Cl)ncnc1NCCOC1CCCCC1. The molecule has 0 aromatic carbocycles. The van der Waals surface area contributed by atoms with Crippen molar-refractivity contribution in [3.63, 3.8) is 0 Å². The van der Waals surface area contributed by atoms with Crippen molar-refractivity contribution in [2.24, 2.45) is 0 Å². The predicted molar refractivity (Wildman–Crippen MR) is 73.1 cm³/mol. The van der Waals surface area contributed by atoms with Gasteiger partial charge in [-0.25, -0.2) is 9.97 Å². The lowest BCUT2D eigenvalue weighted by Crippen LogP contribution is -2.21. The van der Waals surface area contributed by atoms with Gasteiger partial charge in [0.05, 0.1) is 12.7 Å². The highest BCUT2D eigenvalue weighted by Crippen LogP contribution is 2.20. The first-order valence-corrected chi connectivity index (χ1v) is 6.97. The first kappa shape index (κ1) is 13.6. The van der Waals surface area contributed by atoms with Gasteiger partial charge >= 0.3 is 0 Å². The molecule has 0 unspecified atom stereocenters. The number of hydrogen-bond acceptors (Lipinski definition) is 4. The largest absolute Gasteiger partial charge is 0.376 e. The molecule has 1 aromatic heterocycles. The average Bonchev–Trinajstić information content (AvgIpc) is 2.40. The molecule has 1 fully saturated rings. The van der Waals surface area contributed by atoms with Gasteiger partial charge in [-0.05, 0) is 19.8 Å². The Labute approximate surface area is 113 Å². The molecule has 2 rings (SSSR count). The zero-order chi connectivity index (χ0) is 12.8. The van der Waals surface area contributed by atoms with E-state index < -0.39 is 0 Å². The van der Waals surface area contributed by atoms with Crippen molar-refractivity contribution in [1.82, 2.24) is 9.97 Å². The molecule has 0 saturated heterocycles. The van der Waals surface area contributed by atoms with Crippen LogP contribution in [0.1, 0.15) is 37.7 Å². The van der Waals surface area contributed by atoms with Gasteiger partial charge in [0.1, 0.15) is 17.3 Å². The summed E-state index contributed by atoms with van der Waals surface area (Å²) in [5.41, 5.74) is 0.886. The van der Waals surface area contributed by atoms with Crippen LogP contribution in [-0.2, 0) is 4.74 Å². The van der Waals surface area contributed by atoms with Gasteiger partial charge in [0, 0.05) is 12.1 Å². The van der Waals surface area contributed by atoms with E-state index >= 15 is 0 Å². The van der Waals surface area contributed by atoms with Gasteiger partial charge in [-0.1, -0.05) is 30.9 Å². The Kier molecular flexibility index (Phi) is 5.20. The number of rotatable bonds is 5. The van der Waals surface area contributed by atoms with Gasteiger partial charge in [0.25, 0.3) is 0 Å². The first-order valence-electron chi connectivity index (χ1n) is 6.60. The summed E-state index contributed by atoms with van der Waals surface area (Å²) in [5.74, 6) is 0.794. The third kappa shape index (κ3) is 3.82. The second-order valence-corrected chi connectivity index (χ2v) is 5.05. The standard InChI is InChI=1S/C13H20ClN3O/c1-10-12(14)16-9-17-13(10)15-7-8-18-11-5-3-2-4-6-11/h9,11H,2-8H2,1H3,(H,15,16,17). The molecule has 4 nitrogen and oxygen atoms in total. The summed E-state index contributed by atoms with van der Waals surface area (Å²) in [4.78, 5) is 8.09. The van der Waals surface area contributed by atoms with Crippen LogP contribution in [0.5, 0.6) is 0 Å². The number of hydrogen-bond donors (Lipinski definition) is 1. The molecule has 1 heterocycles. The summed E-state index contributed by atoms with van der Waals surface area (Å²) in [6, 6.07) is 0. The molecule has 0 amide bonds. The fraction of sp³-hybridized carbons (Fsp3) is 0.692.